The van der Waals surface area contributed by atoms with Gasteiger partial charge in [-0.1, -0.05) is 12.1 Å². The maximum atomic E-state index is 12.5. The zero-order valence-electron chi connectivity index (χ0n) is 15.2. The minimum Gasteiger partial charge on any atom is -0.493 e. The SMILES string of the molecule is COc1cc(C(=O)NC(=S)Nc2ccccc2OC(F)F)cc(OC)c1OC. The standard InChI is InChI=1S/C18H18F2N2O5S/c1-24-13-8-10(9-14(25-2)15(13)26-3)16(23)22-18(28)21-11-6-4-5-7-12(11)27-17(19)20/h4-9,17H,1-3H3,(H2,21,22,23,28). The van der Waals surface area contributed by atoms with Crippen molar-refractivity contribution >= 4 is 28.9 Å². The Hall–Kier alpha value is -3.14. The number of carbonyl (C=O) groups excluding carboxylic acids is 1. The van der Waals surface area contributed by atoms with Gasteiger partial charge in [-0.15, -0.1) is 0 Å². The average Bonchev–Trinajstić information content (AvgIpc) is 2.67. The smallest absolute Gasteiger partial charge is 0.387 e. The van der Waals surface area contributed by atoms with Crippen LogP contribution in [0.4, 0.5) is 14.5 Å². The van der Waals surface area contributed by atoms with E-state index >= 15 is 0 Å². The summed E-state index contributed by atoms with van der Waals surface area (Å²) < 4.78 is 45.0. The molecule has 0 fully saturated rings. The molecule has 0 saturated carbocycles. The van der Waals surface area contributed by atoms with Crippen LogP contribution in [0, 0.1) is 0 Å². The molecule has 28 heavy (non-hydrogen) atoms. The number of amides is 1. The lowest BCUT2D eigenvalue weighted by Gasteiger charge is -2.15. The van der Waals surface area contributed by atoms with E-state index in [0.29, 0.717) is 17.2 Å². The zero-order valence-corrected chi connectivity index (χ0v) is 16.1. The number of halogens is 2. The Labute approximate surface area is 165 Å². The summed E-state index contributed by atoms with van der Waals surface area (Å²) in [6.07, 6.45) is 0. The summed E-state index contributed by atoms with van der Waals surface area (Å²) in [5.41, 5.74) is 0.369. The number of methoxy groups -OCH3 is 3. The normalized spacial score (nSPS) is 10.2. The molecular formula is C18H18F2N2O5S. The van der Waals surface area contributed by atoms with Crippen LogP contribution in [0.5, 0.6) is 23.0 Å². The highest BCUT2D eigenvalue weighted by Crippen LogP contribution is 2.38. The number of thiocarbonyl (C=S) groups is 1. The van der Waals surface area contributed by atoms with E-state index in [0.717, 1.165) is 0 Å². The molecule has 0 radical (unpaired) electrons. The van der Waals surface area contributed by atoms with E-state index in [1.807, 2.05) is 0 Å². The van der Waals surface area contributed by atoms with E-state index < -0.39 is 12.5 Å². The van der Waals surface area contributed by atoms with Crippen molar-refractivity contribution in [2.45, 2.75) is 6.61 Å². The van der Waals surface area contributed by atoms with Gasteiger partial charge >= 0.3 is 6.61 Å². The first-order chi connectivity index (χ1) is 13.4. The summed E-state index contributed by atoms with van der Waals surface area (Å²) in [5.74, 6) is 0.245. The lowest BCUT2D eigenvalue weighted by molar-refractivity contribution is -0.0493. The Bertz CT molecular complexity index is 839. The molecule has 0 saturated heterocycles. The summed E-state index contributed by atoms with van der Waals surface area (Å²) in [6.45, 7) is -3.00. The van der Waals surface area contributed by atoms with Crippen molar-refractivity contribution < 1.29 is 32.5 Å². The van der Waals surface area contributed by atoms with E-state index in [1.54, 1.807) is 6.07 Å². The molecule has 2 rings (SSSR count). The number of alkyl halides is 2. The summed E-state index contributed by atoms with van der Waals surface area (Å²) in [5, 5.41) is 4.99. The van der Waals surface area contributed by atoms with E-state index in [-0.39, 0.29) is 22.1 Å². The molecule has 2 N–H and O–H groups in total. The molecule has 0 bridgehead atoms. The van der Waals surface area contributed by atoms with Gasteiger partial charge in [-0.3, -0.25) is 10.1 Å². The van der Waals surface area contributed by atoms with E-state index in [2.05, 4.69) is 15.4 Å². The molecule has 0 aliphatic heterocycles. The first-order valence-corrected chi connectivity index (χ1v) is 8.26. The molecular weight excluding hydrogens is 394 g/mol. The molecule has 2 aromatic carbocycles. The predicted molar refractivity (Wildman–Crippen MR) is 103 cm³/mol. The monoisotopic (exact) mass is 412 g/mol. The number of hydrogen-bond acceptors (Lipinski definition) is 6. The van der Waals surface area contributed by atoms with Gasteiger partial charge in [0.25, 0.3) is 5.91 Å². The molecule has 150 valence electrons. The number of anilines is 1. The minimum absolute atomic E-state index is 0.107. The van der Waals surface area contributed by atoms with Crippen molar-refractivity contribution in [2.75, 3.05) is 26.6 Å². The van der Waals surface area contributed by atoms with Gasteiger partial charge in [0, 0.05) is 5.56 Å². The van der Waals surface area contributed by atoms with Crippen molar-refractivity contribution in [3.63, 3.8) is 0 Å². The van der Waals surface area contributed by atoms with Crippen LogP contribution in [0.1, 0.15) is 10.4 Å². The van der Waals surface area contributed by atoms with Gasteiger partial charge in [0.1, 0.15) is 5.75 Å². The van der Waals surface area contributed by atoms with Crippen LogP contribution in [-0.2, 0) is 0 Å². The second-order valence-electron chi connectivity index (χ2n) is 5.20. The van der Waals surface area contributed by atoms with Crippen LogP contribution in [0.3, 0.4) is 0 Å². The fourth-order valence-electron chi connectivity index (χ4n) is 2.31. The van der Waals surface area contributed by atoms with Crippen LogP contribution in [0.2, 0.25) is 0 Å². The molecule has 0 atom stereocenters. The van der Waals surface area contributed by atoms with Gasteiger partial charge in [-0.05, 0) is 36.5 Å². The Balaban J connectivity index is 2.16. The van der Waals surface area contributed by atoms with Crippen molar-refractivity contribution in [1.82, 2.24) is 5.32 Å². The van der Waals surface area contributed by atoms with Gasteiger partial charge in [-0.25, -0.2) is 0 Å². The summed E-state index contributed by atoms with van der Waals surface area (Å²) in [4.78, 5) is 12.5. The van der Waals surface area contributed by atoms with Gasteiger partial charge in [0.2, 0.25) is 5.75 Å². The van der Waals surface area contributed by atoms with Gasteiger partial charge in [0.05, 0.1) is 27.0 Å². The number of hydrogen-bond donors (Lipinski definition) is 2. The molecule has 0 spiro atoms. The zero-order chi connectivity index (χ0) is 20.7. The van der Waals surface area contributed by atoms with Crippen LogP contribution in [-0.4, -0.2) is 39.0 Å². The second kappa shape index (κ2) is 9.70. The quantitative estimate of drug-likeness (QED) is 0.675. The molecule has 2 aromatic rings. The molecule has 0 aromatic heterocycles. The average molecular weight is 412 g/mol. The van der Waals surface area contributed by atoms with E-state index in [1.165, 1.54) is 51.7 Å². The Morgan fingerprint density at radius 1 is 1.00 bits per heavy atom. The topological polar surface area (TPSA) is 78.1 Å². The Morgan fingerprint density at radius 3 is 2.14 bits per heavy atom. The first kappa shape index (κ1) is 21.2. The molecule has 0 heterocycles. The van der Waals surface area contributed by atoms with Gasteiger partial charge < -0.3 is 24.3 Å². The predicted octanol–water partition coefficient (Wildman–Crippen LogP) is 3.44. The second-order valence-corrected chi connectivity index (χ2v) is 5.61. The molecule has 0 aliphatic carbocycles. The van der Waals surface area contributed by atoms with Crippen molar-refractivity contribution in [3.05, 3.63) is 42.0 Å². The number of benzene rings is 2. The summed E-state index contributed by atoms with van der Waals surface area (Å²) in [6, 6.07) is 8.86. The fraction of sp³-hybridized carbons (Fsp3) is 0.222. The van der Waals surface area contributed by atoms with E-state index in [9.17, 15) is 13.6 Å². The van der Waals surface area contributed by atoms with Crippen molar-refractivity contribution in [1.29, 1.82) is 0 Å². The summed E-state index contributed by atoms with van der Waals surface area (Å²) >= 11 is 5.08. The van der Waals surface area contributed by atoms with E-state index in [4.69, 9.17) is 26.4 Å². The highest BCUT2D eigenvalue weighted by Gasteiger charge is 2.18. The fourth-order valence-corrected chi connectivity index (χ4v) is 2.51. The van der Waals surface area contributed by atoms with Crippen LogP contribution in [0.15, 0.2) is 36.4 Å². The third-order valence-corrected chi connectivity index (χ3v) is 3.71. The van der Waals surface area contributed by atoms with Crippen LogP contribution >= 0.6 is 12.2 Å². The third kappa shape index (κ3) is 5.19. The van der Waals surface area contributed by atoms with Gasteiger partial charge in [-0.2, -0.15) is 8.78 Å². The maximum Gasteiger partial charge on any atom is 0.387 e. The van der Waals surface area contributed by atoms with Crippen LogP contribution in [0.25, 0.3) is 0 Å². The summed E-state index contributed by atoms with van der Waals surface area (Å²) in [7, 11) is 4.29. The van der Waals surface area contributed by atoms with Gasteiger partial charge in [0.15, 0.2) is 16.6 Å². The third-order valence-electron chi connectivity index (χ3n) is 3.51. The molecule has 1 amide bonds. The lowest BCUT2D eigenvalue weighted by Crippen LogP contribution is -2.34. The highest BCUT2D eigenvalue weighted by molar-refractivity contribution is 7.80. The maximum absolute atomic E-state index is 12.5. The van der Waals surface area contributed by atoms with Crippen LogP contribution < -0.4 is 29.6 Å². The number of para-hydroxylation sites is 2. The number of carbonyl (C=O) groups is 1. The molecule has 7 nitrogen and oxygen atoms in total. The Kier molecular flexibility index (Phi) is 7.33. The lowest BCUT2D eigenvalue weighted by atomic mass is 10.1. The number of rotatable bonds is 7. The molecule has 10 heteroatoms. The largest absolute Gasteiger partial charge is 0.493 e. The molecule has 0 aliphatic rings. The number of ether oxygens (including phenoxy) is 4. The number of nitrogens with one attached hydrogen (secondary N) is 2. The highest BCUT2D eigenvalue weighted by atomic mass is 32.1. The van der Waals surface area contributed by atoms with Crippen molar-refractivity contribution in [3.8, 4) is 23.0 Å². The van der Waals surface area contributed by atoms with Crippen molar-refractivity contribution in [2.24, 2.45) is 0 Å². The minimum atomic E-state index is -3.00. The Morgan fingerprint density at radius 2 is 1.61 bits per heavy atom. The first-order valence-electron chi connectivity index (χ1n) is 7.85. The molecule has 0 unspecified atom stereocenters.